The highest BCUT2D eigenvalue weighted by atomic mass is 32.2. The molecule has 6 heteroatoms. The van der Waals surface area contributed by atoms with Crippen molar-refractivity contribution in [2.24, 2.45) is 17.1 Å². The zero-order valence-electron chi connectivity index (χ0n) is 11.2. The zero-order chi connectivity index (χ0) is 13.2. The fourth-order valence-electron chi connectivity index (χ4n) is 2.90. The van der Waals surface area contributed by atoms with E-state index in [1.165, 1.54) is 19.3 Å². The van der Waals surface area contributed by atoms with Crippen LogP contribution >= 0.6 is 0 Å². The van der Waals surface area contributed by atoms with E-state index in [4.69, 9.17) is 5.73 Å². The van der Waals surface area contributed by atoms with E-state index in [1.54, 1.807) is 11.2 Å². The lowest BCUT2D eigenvalue weighted by atomic mass is 9.75. The molecule has 3 N–H and O–H groups in total. The summed E-state index contributed by atoms with van der Waals surface area (Å²) in [7, 11) is -3.26. The molecule has 0 aromatic carbocycles. The summed E-state index contributed by atoms with van der Waals surface area (Å²) in [5.41, 5.74) is 6.14. The van der Waals surface area contributed by atoms with Gasteiger partial charge in [0.05, 0.1) is 0 Å². The van der Waals surface area contributed by atoms with Crippen LogP contribution in [0.2, 0.25) is 0 Å². The van der Waals surface area contributed by atoms with Crippen molar-refractivity contribution < 1.29 is 8.42 Å². The van der Waals surface area contributed by atoms with Gasteiger partial charge in [-0.3, -0.25) is 0 Å². The third-order valence-electron chi connectivity index (χ3n) is 4.30. The molecule has 0 radical (unpaired) electrons. The van der Waals surface area contributed by atoms with Crippen LogP contribution < -0.4 is 10.5 Å². The molecule has 1 saturated heterocycles. The Labute approximate surface area is 110 Å². The summed E-state index contributed by atoms with van der Waals surface area (Å²) < 4.78 is 27.9. The highest BCUT2D eigenvalue weighted by Gasteiger charge is 2.40. The van der Waals surface area contributed by atoms with Crippen LogP contribution in [0.1, 0.15) is 39.0 Å². The predicted molar refractivity (Wildman–Crippen MR) is 72.2 cm³/mol. The van der Waals surface area contributed by atoms with Gasteiger partial charge >= 0.3 is 0 Å². The molecule has 5 nitrogen and oxygen atoms in total. The molecular weight excluding hydrogens is 250 g/mol. The van der Waals surface area contributed by atoms with Gasteiger partial charge in [-0.1, -0.05) is 19.8 Å². The largest absolute Gasteiger partial charge is 0.330 e. The van der Waals surface area contributed by atoms with E-state index in [-0.39, 0.29) is 5.41 Å². The van der Waals surface area contributed by atoms with E-state index in [9.17, 15) is 8.42 Å². The Bertz CT molecular complexity index is 371. The first-order chi connectivity index (χ1) is 8.51. The number of piperidine rings is 1. The third-order valence-corrected chi connectivity index (χ3v) is 6.00. The maximum absolute atomic E-state index is 11.9. The number of nitrogens with one attached hydrogen (secondary N) is 1. The number of nitrogens with zero attached hydrogens (tertiary/aromatic N) is 1. The Kier molecular flexibility index (Phi) is 4.31. The summed E-state index contributed by atoms with van der Waals surface area (Å²) in [6, 6.07) is 0. The van der Waals surface area contributed by atoms with Gasteiger partial charge < -0.3 is 5.73 Å². The van der Waals surface area contributed by atoms with Gasteiger partial charge in [0.25, 0.3) is 10.2 Å². The van der Waals surface area contributed by atoms with Crippen molar-refractivity contribution in [1.82, 2.24) is 9.03 Å². The molecular formula is C12H25N3O2S. The van der Waals surface area contributed by atoms with Gasteiger partial charge in [-0.25, -0.2) is 4.72 Å². The minimum atomic E-state index is -3.26. The van der Waals surface area contributed by atoms with Crippen LogP contribution in [0, 0.1) is 11.3 Å². The molecule has 1 aliphatic carbocycles. The van der Waals surface area contributed by atoms with Gasteiger partial charge in [-0.2, -0.15) is 12.7 Å². The minimum Gasteiger partial charge on any atom is -0.330 e. The number of rotatable bonds is 6. The highest BCUT2D eigenvalue weighted by Crippen LogP contribution is 2.45. The van der Waals surface area contributed by atoms with Crippen LogP contribution in [0.25, 0.3) is 0 Å². The van der Waals surface area contributed by atoms with E-state index in [0.29, 0.717) is 26.2 Å². The zero-order valence-corrected chi connectivity index (χ0v) is 12.0. The topological polar surface area (TPSA) is 75.4 Å². The second-order valence-corrected chi connectivity index (χ2v) is 7.51. The summed E-state index contributed by atoms with van der Waals surface area (Å²) in [5.74, 6) is 0.852. The lowest BCUT2D eigenvalue weighted by molar-refractivity contribution is 0.141. The first-order valence-corrected chi connectivity index (χ1v) is 8.40. The average molecular weight is 275 g/mol. The maximum atomic E-state index is 11.9. The third kappa shape index (κ3) is 3.23. The molecule has 0 atom stereocenters. The van der Waals surface area contributed by atoms with Crippen LogP contribution in [0.3, 0.4) is 0 Å². The van der Waals surface area contributed by atoms with Gasteiger partial charge in [0.2, 0.25) is 0 Å². The molecule has 0 unspecified atom stereocenters. The van der Waals surface area contributed by atoms with Crippen molar-refractivity contribution in [3.63, 3.8) is 0 Å². The van der Waals surface area contributed by atoms with Gasteiger partial charge in [0.15, 0.2) is 0 Å². The monoisotopic (exact) mass is 275 g/mol. The lowest BCUT2D eigenvalue weighted by Gasteiger charge is -2.40. The molecule has 0 spiro atoms. The molecule has 2 rings (SSSR count). The Hall–Kier alpha value is -0.170. The van der Waals surface area contributed by atoms with Crippen LogP contribution in [0.5, 0.6) is 0 Å². The molecule has 0 amide bonds. The molecule has 0 aromatic heterocycles. The van der Waals surface area contributed by atoms with E-state index in [0.717, 1.165) is 18.8 Å². The van der Waals surface area contributed by atoms with Crippen molar-refractivity contribution in [2.75, 3.05) is 26.2 Å². The normalized spacial score (nSPS) is 25.2. The quantitative estimate of drug-likeness (QED) is 0.748. The van der Waals surface area contributed by atoms with E-state index in [2.05, 4.69) is 4.72 Å². The van der Waals surface area contributed by atoms with Crippen LogP contribution in [-0.2, 0) is 10.2 Å². The molecule has 1 aliphatic heterocycles. The van der Waals surface area contributed by atoms with E-state index in [1.807, 2.05) is 0 Å². The predicted octanol–water partition coefficient (Wildman–Crippen LogP) is 0.682. The van der Waals surface area contributed by atoms with Crippen molar-refractivity contribution >= 4 is 10.2 Å². The molecule has 1 heterocycles. The Morgan fingerprint density at radius 2 is 1.94 bits per heavy atom. The van der Waals surface area contributed by atoms with Crippen molar-refractivity contribution in [3.05, 3.63) is 0 Å². The fourth-order valence-corrected chi connectivity index (χ4v) is 4.11. The second-order valence-electron chi connectivity index (χ2n) is 5.75. The van der Waals surface area contributed by atoms with Gasteiger partial charge in [0.1, 0.15) is 0 Å². The summed E-state index contributed by atoms with van der Waals surface area (Å²) in [6.45, 7) is 4.17. The van der Waals surface area contributed by atoms with Crippen LogP contribution in [0.15, 0.2) is 0 Å². The minimum absolute atomic E-state index is 0.194. The Morgan fingerprint density at radius 1 is 1.33 bits per heavy atom. The molecule has 0 bridgehead atoms. The first-order valence-electron chi connectivity index (χ1n) is 6.96. The molecule has 18 heavy (non-hydrogen) atoms. The van der Waals surface area contributed by atoms with Crippen molar-refractivity contribution in [2.45, 2.75) is 39.0 Å². The summed E-state index contributed by atoms with van der Waals surface area (Å²) in [4.78, 5) is 0. The summed E-state index contributed by atoms with van der Waals surface area (Å²) >= 11 is 0. The average Bonchev–Trinajstić information content (AvgIpc) is 3.13. The van der Waals surface area contributed by atoms with Crippen molar-refractivity contribution in [1.29, 1.82) is 0 Å². The number of hydrogen-bond donors (Lipinski definition) is 2. The SMILES string of the molecule is CCNS(=O)(=O)N1CCC(CN)(CC2CC2)CC1. The van der Waals surface area contributed by atoms with Crippen LogP contribution in [-0.4, -0.2) is 38.9 Å². The van der Waals surface area contributed by atoms with Gasteiger partial charge in [-0.05, 0) is 37.1 Å². The fraction of sp³-hybridized carbons (Fsp3) is 1.00. The summed E-state index contributed by atoms with van der Waals surface area (Å²) in [5, 5.41) is 0. The van der Waals surface area contributed by atoms with Gasteiger partial charge in [-0.15, -0.1) is 0 Å². The summed E-state index contributed by atoms with van der Waals surface area (Å²) in [6.07, 6.45) is 5.68. The number of nitrogens with two attached hydrogens (primary N) is 1. The second kappa shape index (κ2) is 5.45. The van der Waals surface area contributed by atoms with Crippen molar-refractivity contribution in [3.8, 4) is 0 Å². The Balaban J connectivity index is 1.93. The molecule has 0 aromatic rings. The molecule has 2 aliphatic rings. The van der Waals surface area contributed by atoms with Crippen LogP contribution in [0.4, 0.5) is 0 Å². The van der Waals surface area contributed by atoms with E-state index < -0.39 is 10.2 Å². The first kappa shape index (κ1) is 14.2. The van der Waals surface area contributed by atoms with Gasteiger partial charge in [0, 0.05) is 19.6 Å². The molecule has 2 fully saturated rings. The smallest absolute Gasteiger partial charge is 0.279 e. The standard InChI is InChI=1S/C12H25N3O2S/c1-2-14-18(16,17)15-7-5-12(10-13,6-8-15)9-11-3-4-11/h11,14H,2-10,13H2,1H3. The molecule has 1 saturated carbocycles. The van der Waals surface area contributed by atoms with E-state index >= 15 is 0 Å². The maximum Gasteiger partial charge on any atom is 0.279 e. The number of hydrogen-bond acceptors (Lipinski definition) is 3. The molecule has 106 valence electrons. The lowest BCUT2D eigenvalue weighted by Crippen LogP contribution is -2.49. The highest BCUT2D eigenvalue weighted by molar-refractivity contribution is 7.87. The Morgan fingerprint density at radius 3 is 2.39 bits per heavy atom.